The summed E-state index contributed by atoms with van der Waals surface area (Å²) in [6.45, 7) is 1.98. The number of methoxy groups -OCH3 is 2. The molecule has 0 spiro atoms. The lowest BCUT2D eigenvalue weighted by Crippen LogP contribution is -2.24. The van der Waals surface area contributed by atoms with Gasteiger partial charge < -0.3 is 9.47 Å². The van der Waals surface area contributed by atoms with Crippen LogP contribution in [-0.2, 0) is 9.53 Å². The number of ether oxygens (including phenoxy) is 2. The van der Waals surface area contributed by atoms with Crippen molar-refractivity contribution < 1.29 is 19.1 Å². The topological polar surface area (TPSA) is 52.6 Å². The molecule has 0 saturated heterocycles. The van der Waals surface area contributed by atoms with Gasteiger partial charge in [0.25, 0.3) is 0 Å². The Kier molecular flexibility index (Phi) is 4.23. The highest BCUT2D eigenvalue weighted by atomic mass is 16.5. The fourth-order valence-corrected chi connectivity index (χ4v) is 2.39. The fourth-order valence-electron chi connectivity index (χ4n) is 2.39. The summed E-state index contributed by atoms with van der Waals surface area (Å²) >= 11 is 0. The quantitative estimate of drug-likeness (QED) is 0.626. The van der Waals surface area contributed by atoms with Crippen molar-refractivity contribution in [3.8, 4) is 5.75 Å². The number of allylic oxidation sites excluding steroid dienone is 2. The maximum Gasteiger partial charge on any atom is 0.200 e. The molecule has 0 radical (unpaired) electrons. The molecule has 106 valence electrons. The smallest absolute Gasteiger partial charge is 0.200 e. The third-order valence-corrected chi connectivity index (χ3v) is 3.45. The number of carbonyl (C=O) groups excluding carboxylic acids is 2. The van der Waals surface area contributed by atoms with Crippen molar-refractivity contribution >= 4 is 11.6 Å². The van der Waals surface area contributed by atoms with Crippen LogP contribution < -0.4 is 4.74 Å². The molecule has 1 aromatic rings. The number of carbonyl (C=O) groups is 2. The van der Waals surface area contributed by atoms with Crippen molar-refractivity contribution in [2.75, 3.05) is 14.2 Å². The highest BCUT2D eigenvalue weighted by Gasteiger charge is 2.31. The summed E-state index contributed by atoms with van der Waals surface area (Å²) in [5.41, 5.74) is 0.661. The molecule has 4 nitrogen and oxygen atoms in total. The molecular formula is C16H18O4. The lowest BCUT2D eigenvalue weighted by molar-refractivity contribution is -0.116. The maximum atomic E-state index is 12.5. The Hall–Kier alpha value is -2.10. The van der Waals surface area contributed by atoms with E-state index in [0.717, 1.165) is 0 Å². The SMILES string of the molecule is COC1=C(C(=O)c2ccc(OC)cc2)C(=O)CC(C)C1. The van der Waals surface area contributed by atoms with Crippen molar-refractivity contribution in [3.63, 3.8) is 0 Å². The highest BCUT2D eigenvalue weighted by molar-refractivity contribution is 6.27. The van der Waals surface area contributed by atoms with Gasteiger partial charge in [-0.3, -0.25) is 9.59 Å². The summed E-state index contributed by atoms with van der Waals surface area (Å²) < 4.78 is 10.3. The molecule has 0 aliphatic heterocycles. The standard InChI is InChI=1S/C16H18O4/c1-10-8-13(17)15(14(9-10)20-3)16(18)11-4-6-12(19-2)7-5-11/h4-7,10H,8-9H2,1-3H3. The maximum absolute atomic E-state index is 12.5. The van der Waals surface area contributed by atoms with Crippen LogP contribution in [0.1, 0.15) is 30.1 Å². The zero-order valence-electron chi connectivity index (χ0n) is 11.9. The predicted octanol–water partition coefficient (Wildman–Crippen LogP) is 2.78. The molecule has 0 fully saturated rings. The number of hydrogen-bond acceptors (Lipinski definition) is 4. The molecule has 1 aliphatic rings. The summed E-state index contributed by atoms with van der Waals surface area (Å²) in [4.78, 5) is 24.6. The zero-order chi connectivity index (χ0) is 14.7. The lowest BCUT2D eigenvalue weighted by atomic mass is 9.85. The van der Waals surface area contributed by atoms with E-state index in [0.29, 0.717) is 29.9 Å². The van der Waals surface area contributed by atoms with Crippen molar-refractivity contribution in [3.05, 3.63) is 41.2 Å². The minimum absolute atomic E-state index is 0.138. The van der Waals surface area contributed by atoms with E-state index in [9.17, 15) is 9.59 Å². The average Bonchev–Trinajstić information content (AvgIpc) is 2.46. The first-order chi connectivity index (χ1) is 9.56. The fraction of sp³-hybridized carbons (Fsp3) is 0.375. The highest BCUT2D eigenvalue weighted by Crippen LogP contribution is 2.29. The first kappa shape index (κ1) is 14.3. The van der Waals surface area contributed by atoms with Crippen LogP contribution in [0.4, 0.5) is 0 Å². The molecule has 1 aliphatic carbocycles. The average molecular weight is 274 g/mol. The summed E-state index contributed by atoms with van der Waals surface area (Å²) in [5, 5.41) is 0. The molecule has 1 aromatic carbocycles. The van der Waals surface area contributed by atoms with E-state index in [1.807, 2.05) is 6.92 Å². The third-order valence-electron chi connectivity index (χ3n) is 3.45. The summed E-state index contributed by atoms with van der Waals surface area (Å²) in [6.07, 6.45) is 1.02. The van der Waals surface area contributed by atoms with Crippen molar-refractivity contribution in [1.82, 2.24) is 0 Å². The van der Waals surface area contributed by atoms with Crippen LogP contribution in [0.15, 0.2) is 35.6 Å². The van der Waals surface area contributed by atoms with E-state index in [1.165, 1.54) is 7.11 Å². The normalized spacial score (nSPS) is 18.9. The van der Waals surface area contributed by atoms with Crippen molar-refractivity contribution in [2.45, 2.75) is 19.8 Å². The summed E-state index contributed by atoms with van der Waals surface area (Å²) in [7, 11) is 3.07. The molecule has 20 heavy (non-hydrogen) atoms. The second-order valence-corrected chi connectivity index (χ2v) is 5.00. The van der Waals surface area contributed by atoms with Gasteiger partial charge in [-0.2, -0.15) is 0 Å². The first-order valence-corrected chi connectivity index (χ1v) is 6.56. The second kappa shape index (κ2) is 5.90. The monoisotopic (exact) mass is 274 g/mol. The van der Waals surface area contributed by atoms with Gasteiger partial charge >= 0.3 is 0 Å². The largest absolute Gasteiger partial charge is 0.500 e. The lowest BCUT2D eigenvalue weighted by Gasteiger charge is -2.22. The minimum Gasteiger partial charge on any atom is -0.500 e. The van der Waals surface area contributed by atoms with Gasteiger partial charge in [0, 0.05) is 18.4 Å². The van der Waals surface area contributed by atoms with Gasteiger partial charge in [0.1, 0.15) is 17.1 Å². The molecule has 4 heteroatoms. The molecule has 0 aromatic heterocycles. The summed E-state index contributed by atoms with van der Waals surface area (Å²) in [5.74, 6) is 0.966. The number of Topliss-reactive ketones (excluding diaryl/α,β-unsaturated/α-hetero) is 2. The Labute approximate surface area is 118 Å². The van der Waals surface area contributed by atoms with Crippen LogP contribution in [0, 0.1) is 5.92 Å². The Bertz CT molecular complexity index is 554. The minimum atomic E-state index is -0.276. The predicted molar refractivity (Wildman–Crippen MR) is 74.8 cm³/mol. The Balaban J connectivity index is 2.36. The van der Waals surface area contributed by atoms with E-state index in [-0.39, 0.29) is 23.1 Å². The van der Waals surface area contributed by atoms with Gasteiger partial charge in [0.15, 0.2) is 11.6 Å². The molecule has 1 unspecified atom stereocenters. The third kappa shape index (κ3) is 2.74. The van der Waals surface area contributed by atoms with Crippen LogP contribution in [0.25, 0.3) is 0 Å². The summed E-state index contributed by atoms with van der Waals surface area (Å²) in [6, 6.07) is 6.73. The number of hydrogen-bond donors (Lipinski definition) is 0. The van der Waals surface area contributed by atoms with E-state index in [1.54, 1.807) is 31.4 Å². The molecule has 1 atom stereocenters. The Morgan fingerprint density at radius 2 is 1.75 bits per heavy atom. The number of benzene rings is 1. The van der Waals surface area contributed by atoms with E-state index in [4.69, 9.17) is 9.47 Å². The van der Waals surface area contributed by atoms with Crippen LogP contribution >= 0.6 is 0 Å². The van der Waals surface area contributed by atoms with Gasteiger partial charge in [-0.15, -0.1) is 0 Å². The van der Waals surface area contributed by atoms with Crippen molar-refractivity contribution in [2.24, 2.45) is 5.92 Å². The molecule has 0 bridgehead atoms. The molecule has 0 amide bonds. The second-order valence-electron chi connectivity index (χ2n) is 5.00. The molecule has 0 heterocycles. The van der Waals surface area contributed by atoms with E-state index in [2.05, 4.69) is 0 Å². The first-order valence-electron chi connectivity index (χ1n) is 6.56. The van der Waals surface area contributed by atoms with Crippen LogP contribution in [0.2, 0.25) is 0 Å². The van der Waals surface area contributed by atoms with Crippen molar-refractivity contribution in [1.29, 1.82) is 0 Å². The molecule has 2 rings (SSSR count). The molecular weight excluding hydrogens is 256 g/mol. The van der Waals surface area contributed by atoms with Crippen LogP contribution in [0.3, 0.4) is 0 Å². The molecule has 0 saturated carbocycles. The van der Waals surface area contributed by atoms with Crippen LogP contribution in [-0.4, -0.2) is 25.8 Å². The number of rotatable bonds is 4. The Morgan fingerprint density at radius 3 is 2.30 bits per heavy atom. The van der Waals surface area contributed by atoms with E-state index >= 15 is 0 Å². The Morgan fingerprint density at radius 1 is 1.10 bits per heavy atom. The van der Waals surface area contributed by atoms with E-state index < -0.39 is 0 Å². The van der Waals surface area contributed by atoms with Gasteiger partial charge in [0.05, 0.1) is 14.2 Å². The molecule has 0 N–H and O–H groups in total. The number of ketones is 2. The zero-order valence-corrected chi connectivity index (χ0v) is 11.9. The van der Waals surface area contributed by atoms with Crippen LogP contribution in [0.5, 0.6) is 5.75 Å². The van der Waals surface area contributed by atoms with Gasteiger partial charge in [-0.25, -0.2) is 0 Å². The van der Waals surface area contributed by atoms with Gasteiger partial charge in [0.2, 0.25) is 0 Å². The van der Waals surface area contributed by atoms with Gasteiger partial charge in [-0.05, 0) is 30.2 Å². The van der Waals surface area contributed by atoms with Gasteiger partial charge in [-0.1, -0.05) is 6.92 Å².